The zero-order valence-electron chi connectivity index (χ0n) is 15.7. The molecule has 0 spiro atoms. The number of aryl methyl sites for hydroxylation is 1. The number of rotatable bonds is 4. The van der Waals surface area contributed by atoms with E-state index >= 15 is 0 Å². The summed E-state index contributed by atoms with van der Waals surface area (Å²) in [6.45, 7) is 2.69. The second-order valence-corrected chi connectivity index (χ2v) is 7.89. The Hall–Kier alpha value is -3.38. The van der Waals surface area contributed by atoms with Gasteiger partial charge in [-0.3, -0.25) is 0 Å². The highest BCUT2D eigenvalue weighted by Gasteiger charge is 2.16. The summed E-state index contributed by atoms with van der Waals surface area (Å²) in [5, 5.41) is 1.03. The molecule has 29 heavy (non-hydrogen) atoms. The maximum absolute atomic E-state index is 14.1. The maximum Gasteiger partial charge on any atom is 0.163 e. The van der Waals surface area contributed by atoms with Crippen LogP contribution in [0.1, 0.15) is 10.7 Å². The second kappa shape index (κ2) is 7.22. The third kappa shape index (κ3) is 3.43. The van der Waals surface area contributed by atoms with E-state index in [-0.39, 0.29) is 5.82 Å². The van der Waals surface area contributed by atoms with Gasteiger partial charge in [0.05, 0.1) is 28.4 Å². The van der Waals surface area contributed by atoms with E-state index in [1.807, 2.05) is 48.1 Å². The maximum atomic E-state index is 14.1. The Morgan fingerprint density at radius 3 is 2.48 bits per heavy atom. The van der Waals surface area contributed by atoms with E-state index in [0.29, 0.717) is 17.9 Å². The van der Waals surface area contributed by atoms with Crippen LogP contribution in [0.5, 0.6) is 0 Å². The first-order chi connectivity index (χ1) is 14.2. The van der Waals surface area contributed by atoms with Crippen LogP contribution in [0.4, 0.5) is 4.39 Å². The van der Waals surface area contributed by atoms with Crippen LogP contribution in [0.3, 0.4) is 0 Å². The van der Waals surface area contributed by atoms with E-state index in [4.69, 9.17) is 4.98 Å². The molecule has 2 aliphatic rings. The molecule has 6 heteroatoms. The predicted molar refractivity (Wildman–Crippen MR) is 113 cm³/mol. The van der Waals surface area contributed by atoms with E-state index in [0.717, 1.165) is 22.1 Å². The van der Waals surface area contributed by atoms with Crippen LogP contribution < -0.4 is 0 Å². The molecule has 0 radical (unpaired) electrons. The Kier molecular flexibility index (Phi) is 4.41. The van der Waals surface area contributed by atoms with Gasteiger partial charge in [-0.25, -0.2) is 19.3 Å². The van der Waals surface area contributed by atoms with Crippen molar-refractivity contribution in [3.05, 3.63) is 89.6 Å². The fourth-order valence-electron chi connectivity index (χ4n) is 3.35. The molecule has 0 saturated carbocycles. The number of thiazole rings is 1. The Morgan fingerprint density at radius 2 is 1.66 bits per heavy atom. The molecular weight excluding hydrogens is 383 g/mol. The number of benzene rings is 2. The zero-order chi connectivity index (χ0) is 19.8. The molecule has 5 rings (SSSR count). The molecule has 0 bridgehead atoms. The average Bonchev–Trinajstić information content (AvgIpc) is 3.32. The molecule has 0 atom stereocenters. The van der Waals surface area contributed by atoms with Crippen molar-refractivity contribution in [2.24, 2.45) is 0 Å². The highest BCUT2D eigenvalue weighted by Crippen LogP contribution is 2.31. The number of halogens is 1. The Labute approximate surface area is 171 Å². The van der Waals surface area contributed by atoms with Crippen LogP contribution in [-0.2, 0) is 6.54 Å². The van der Waals surface area contributed by atoms with Gasteiger partial charge in [0, 0.05) is 12.4 Å². The van der Waals surface area contributed by atoms with Crippen molar-refractivity contribution < 1.29 is 4.39 Å². The fraction of sp³-hybridized carbons (Fsp3) is 0.0870. The molecule has 3 aromatic rings. The fourth-order valence-corrected chi connectivity index (χ4v) is 4.43. The smallest absolute Gasteiger partial charge is 0.163 e. The van der Waals surface area contributed by atoms with Crippen molar-refractivity contribution in [3.8, 4) is 33.2 Å². The molecule has 0 fully saturated rings. The summed E-state index contributed by atoms with van der Waals surface area (Å²) >= 11 is 1.70. The summed E-state index contributed by atoms with van der Waals surface area (Å²) in [6, 6.07) is 18.8. The summed E-state index contributed by atoms with van der Waals surface area (Å²) in [5.74, 6) is 0.0923. The summed E-state index contributed by atoms with van der Waals surface area (Å²) in [7, 11) is 0. The van der Waals surface area contributed by atoms with Crippen LogP contribution in [0.25, 0.3) is 33.2 Å². The summed E-state index contributed by atoms with van der Waals surface area (Å²) < 4.78 is 16.1. The van der Waals surface area contributed by atoms with Gasteiger partial charge in [0.1, 0.15) is 16.5 Å². The number of nitrogens with zero attached hydrogens (tertiary/aromatic N) is 4. The van der Waals surface area contributed by atoms with Crippen LogP contribution in [0, 0.1) is 12.7 Å². The van der Waals surface area contributed by atoms with E-state index < -0.39 is 0 Å². The van der Waals surface area contributed by atoms with Gasteiger partial charge in [0.25, 0.3) is 0 Å². The minimum atomic E-state index is -0.317. The Morgan fingerprint density at radius 1 is 0.897 bits per heavy atom. The molecule has 0 N–H and O–H groups in total. The lowest BCUT2D eigenvalue weighted by molar-refractivity contribution is 0.630. The highest BCUT2D eigenvalue weighted by molar-refractivity contribution is 7.15. The molecule has 3 heterocycles. The number of aromatic nitrogens is 4. The van der Waals surface area contributed by atoms with Gasteiger partial charge in [-0.1, -0.05) is 42.5 Å². The molecule has 0 amide bonds. The lowest BCUT2D eigenvalue weighted by atomic mass is 10.2. The molecule has 0 unspecified atom stereocenters. The average molecular weight is 400 g/mol. The molecular formula is C23H17FN4S. The predicted octanol–water partition coefficient (Wildman–Crippen LogP) is 5.67. The molecule has 2 aliphatic heterocycles. The summed E-state index contributed by atoms with van der Waals surface area (Å²) in [6.07, 6.45) is 3.90. The lowest BCUT2D eigenvalue weighted by Gasteiger charge is -2.05. The number of fused-ring (bicyclic) bond motifs is 1. The highest BCUT2D eigenvalue weighted by atomic mass is 32.1. The van der Waals surface area contributed by atoms with Gasteiger partial charge < -0.3 is 4.57 Å². The normalized spacial score (nSPS) is 11.2. The molecule has 1 aromatic heterocycles. The Bertz CT molecular complexity index is 1260. The number of imidazole rings is 1. The first-order valence-corrected chi connectivity index (χ1v) is 10.1. The molecule has 142 valence electrons. The van der Waals surface area contributed by atoms with Gasteiger partial charge in [0.15, 0.2) is 5.82 Å². The quantitative estimate of drug-likeness (QED) is 0.390. The van der Waals surface area contributed by atoms with E-state index in [2.05, 4.69) is 22.1 Å². The van der Waals surface area contributed by atoms with Gasteiger partial charge in [-0.05, 0) is 30.7 Å². The SMILES string of the molecule is Cc1nc(Cn2ccc3nc(-c4ccccc4F)nc-3c2)sc1-c1ccccc1. The molecule has 2 aromatic carbocycles. The van der Waals surface area contributed by atoms with Gasteiger partial charge in [-0.15, -0.1) is 11.3 Å². The second-order valence-electron chi connectivity index (χ2n) is 6.80. The third-order valence-electron chi connectivity index (χ3n) is 4.74. The van der Waals surface area contributed by atoms with Gasteiger partial charge in [-0.2, -0.15) is 0 Å². The third-order valence-corrected chi connectivity index (χ3v) is 5.93. The minimum Gasteiger partial charge on any atom is -0.345 e. The summed E-state index contributed by atoms with van der Waals surface area (Å²) in [4.78, 5) is 14.9. The largest absolute Gasteiger partial charge is 0.345 e. The van der Waals surface area contributed by atoms with Crippen molar-refractivity contribution in [3.63, 3.8) is 0 Å². The molecule has 0 saturated heterocycles. The van der Waals surface area contributed by atoms with E-state index in [1.165, 1.54) is 16.5 Å². The van der Waals surface area contributed by atoms with Crippen LogP contribution in [0.2, 0.25) is 0 Å². The molecule has 4 nitrogen and oxygen atoms in total. The summed E-state index contributed by atoms with van der Waals surface area (Å²) in [5.41, 5.74) is 4.12. The Balaban J connectivity index is 1.45. The van der Waals surface area contributed by atoms with Crippen molar-refractivity contribution in [1.82, 2.24) is 19.5 Å². The first kappa shape index (κ1) is 17.7. The van der Waals surface area contributed by atoms with Crippen molar-refractivity contribution in [1.29, 1.82) is 0 Å². The van der Waals surface area contributed by atoms with Crippen LogP contribution >= 0.6 is 11.3 Å². The minimum absolute atomic E-state index is 0.317. The lowest BCUT2D eigenvalue weighted by Crippen LogP contribution is -2.00. The van der Waals surface area contributed by atoms with Gasteiger partial charge >= 0.3 is 0 Å². The van der Waals surface area contributed by atoms with Crippen LogP contribution in [0.15, 0.2) is 73.1 Å². The van der Waals surface area contributed by atoms with Gasteiger partial charge in [0.2, 0.25) is 0 Å². The number of hydrogen-bond donors (Lipinski definition) is 0. The van der Waals surface area contributed by atoms with Crippen molar-refractivity contribution in [2.45, 2.75) is 13.5 Å². The first-order valence-electron chi connectivity index (χ1n) is 9.27. The van der Waals surface area contributed by atoms with E-state index in [9.17, 15) is 4.39 Å². The van der Waals surface area contributed by atoms with E-state index in [1.54, 1.807) is 29.5 Å². The topological polar surface area (TPSA) is 43.6 Å². The number of pyridine rings is 1. The standard InChI is InChI=1S/C23H17FN4S/c1-15-22(16-7-3-2-4-8-16)29-21(25-15)14-28-12-11-19-20(13-28)27-23(26-19)17-9-5-6-10-18(17)24/h2-13H,14H2,1H3. The molecule has 0 aliphatic carbocycles. The van der Waals surface area contributed by atoms with Crippen molar-refractivity contribution in [2.75, 3.05) is 0 Å². The zero-order valence-corrected chi connectivity index (χ0v) is 16.5. The van der Waals surface area contributed by atoms with Crippen LogP contribution in [-0.4, -0.2) is 19.5 Å². The monoisotopic (exact) mass is 400 g/mol. The number of hydrogen-bond acceptors (Lipinski definition) is 4. The van der Waals surface area contributed by atoms with Crippen molar-refractivity contribution >= 4 is 11.3 Å².